The Bertz CT molecular complexity index is 1030. The Kier molecular flexibility index (Phi) is 7.46. The summed E-state index contributed by atoms with van der Waals surface area (Å²) < 4.78 is 28.1. The van der Waals surface area contributed by atoms with Crippen LogP contribution < -0.4 is 10.2 Å². The van der Waals surface area contributed by atoms with E-state index in [9.17, 15) is 13.6 Å². The summed E-state index contributed by atoms with van der Waals surface area (Å²) in [5.74, 6) is -3.02. The van der Waals surface area contributed by atoms with Crippen molar-refractivity contribution in [2.45, 2.75) is 66.3 Å². The fraction of sp³-hybridized carbons (Fsp3) is 0.423. The Balaban J connectivity index is 2.64. The predicted octanol–water partition coefficient (Wildman–Crippen LogP) is 6.82. The van der Waals surface area contributed by atoms with Gasteiger partial charge in [0.25, 0.3) is 11.8 Å². The number of hydrogen-bond acceptors (Lipinski definition) is 3. The van der Waals surface area contributed by atoms with E-state index >= 15 is 0 Å². The van der Waals surface area contributed by atoms with Crippen LogP contribution in [-0.4, -0.2) is 23.6 Å². The molecule has 0 bridgehead atoms. The summed E-state index contributed by atoms with van der Waals surface area (Å²) in [5, 5.41) is 19.4. The Morgan fingerprint density at radius 3 is 2.03 bits per heavy atom. The largest absolute Gasteiger partial charge is 0.347 e. The van der Waals surface area contributed by atoms with Gasteiger partial charge < -0.3 is 5.32 Å². The predicted molar refractivity (Wildman–Crippen MR) is 132 cm³/mol. The molecule has 5 nitrogen and oxygen atoms in total. The maximum Gasteiger partial charge on any atom is 0.273 e. The van der Waals surface area contributed by atoms with Crippen LogP contribution in [0.3, 0.4) is 0 Å². The molecule has 0 saturated heterocycles. The molecule has 1 amide bonds. The zero-order valence-corrected chi connectivity index (χ0v) is 20.4. The van der Waals surface area contributed by atoms with E-state index in [-0.39, 0.29) is 23.7 Å². The van der Waals surface area contributed by atoms with Crippen LogP contribution in [-0.2, 0) is 5.92 Å². The maximum absolute atomic E-state index is 14.1. The summed E-state index contributed by atoms with van der Waals surface area (Å²) in [6.07, 6.45) is 0.755. The van der Waals surface area contributed by atoms with E-state index < -0.39 is 16.9 Å². The van der Waals surface area contributed by atoms with E-state index in [1.807, 2.05) is 41.5 Å². The smallest absolute Gasteiger partial charge is 0.273 e. The van der Waals surface area contributed by atoms with Crippen LogP contribution >= 0.6 is 0 Å². The SMILES string of the molecule is CCC(F)(F)c1ccc(-c2cc(C(=O)NC(C)(C)C)cc(N(C=N)C(=N)C(C)(C)C)c2)cc1. The summed E-state index contributed by atoms with van der Waals surface area (Å²) in [4.78, 5) is 14.4. The van der Waals surface area contributed by atoms with Gasteiger partial charge in [-0.3, -0.25) is 20.5 Å². The number of nitrogens with one attached hydrogen (secondary N) is 3. The topological polar surface area (TPSA) is 80.0 Å². The number of amides is 1. The number of hydrogen-bond donors (Lipinski definition) is 3. The first-order valence-electron chi connectivity index (χ1n) is 10.9. The first kappa shape index (κ1) is 26.2. The maximum atomic E-state index is 14.1. The molecule has 0 unspecified atom stereocenters. The van der Waals surface area contributed by atoms with Crippen molar-refractivity contribution in [3.63, 3.8) is 0 Å². The molecule has 0 fully saturated rings. The lowest BCUT2D eigenvalue weighted by molar-refractivity contribution is -0.00827. The monoisotopic (exact) mass is 456 g/mol. The number of amidine groups is 1. The Hall–Kier alpha value is -3.09. The molecule has 2 aromatic carbocycles. The van der Waals surface area contributed by atoms with Gasteiger partial charge in [0.05, 0.1) is 6.34 Å². The van der Waals surface area contributed by atoms with Crippen LogP contribution in [0.15, 0.2) is 42.5 Å². The van der Waals surface area contributed by atoms with Gasteiger partial charge in [-0.05, 0) is 50.1 Å². The number of carbonyl (C=O) groups excluding carboxylic acids is 1. The normalized spacial score (nSPS) is 12.3. The molecule has 0 aromatic heterocycles. The molecule has 0 aliphatic heterocycles. The van der Waals surface area contributed by atoms with Gasteiger partial charge in [-0.1, -0.05) is 52.0 Å². The second-order valence-electron chi connectivity index (χ2n) is 10.2. The van der Waals surface area contributed by atoms with Crippen molar-refractivity contribution in [1.29, 1.82) is 10.8 Å². The Morgan fingerprint density at radius 2 is 1.58 bits per heavy atom. The average Bonchev–Trinajstić information content (AvgIpc) is 2.72. The van der Waals surface area contributed by atoms with Gasteiger partial charge in [-0.2, -0.15) is 0 Å². The molecule has 0 heterocycles. The van der Waals surface area contributed by atoms with Gasteiger partial charge in [0.1, 0.15) is 5.84 Å². The lowest BCUT2D eigenvalue weighted by Gasteiger charge is -2.30. The zero-order chi connectivity index (χ0) is 25.2. The van der Waals surface area contributed by atoms with Crippen LogP contribution in [0.5, 0.6) is 0 Å². The van der Waals surface area contributed by atoms with E-state index in [1.54, 1.807) is 30.3 Å². The van der Waals surface area contributed by atoms with Gasteiger partial charge in [-0.15, -0.1) is 0 Å². The molecule has 33 heavy (non-hydrogen) atoms. The van der Waals surface area contributed by atoms with Crippen LogP contribution in [0.4, 0.5) is 14.5 Å². The van der Waals surface area contributed by atoms with Crippen LogP contribution in [0, 0.1) is 16.2 Å². The number of alkyl halides is 2. The fourth-order valence-electron chi connectivity index (χ4n) is 3.20. The van der Waals surface area contributed by atoms with Crippen LogP contribution in [0.25, 0.3) is 11.1 Å². The summed E-state index contributed by atoms with van der Waals surface area (Å²) in [5.41, 5.74) is 1.06. The van der Waals surface area contributed by atoms with Crippen molar-refractivity contribution in [2.24, 2.45) is 5.41 Å². The highest BCUT2D eigenvalue weighted by molar-refractivity contribution is 6.12. The molecule has 7 heteroatoms. The first-order chi connectivity index (χ1) is 15.1. The molecule has 0 atom stereocenters. The number of nitrogens with zero attached hydrogens (tertiary/aromatic N) is 1. The zero-order valence-electron chi connectivity index (χ0n) is 20.4. The molecule has 2 aromatic rings. The number of benzene rings is 2. The van der Waals surface area contributed by atoms with Crippen LogP contribution in [0.2, 0.25) is 0 Å². The molecule has 0 aliphatic rings. The third-order valence-electron chi connectivity index (χ3n) is 5.11. The lowest BCUT2D eigenvalue weighted by atomic mass is 9.93. The molecular weight excluding hydrogens is 422 g/mol. The van der Waals surface area contributed by atoms with Crippen molar-refractivity contribution in [1.82, 2.24) is 5.32 Å². The van der Waals surface area contributed by atoms with E-state index in [2.05, 4.69) is 5.32 Å². The quantitative estimate of drug-likeness (QED) is 0.329. The highest BCUT2D eigenvalue weighted by Crippen LogP contribution is 2.34. The van der Waals surface area contributed by atoms with E-state index in [0.29, 0.717) is 22.4 Å². The number of rotatable bonds is 6. The summed E-state index contributed by atoms with van der Waals surface area (Å²) in [6, 6.07) is 11.1. The number of anilines is 1. The molecule has 0 radical (unpaired) electrons. The van der Waals surface area contributed by atoms with Crippen molar-refractivity contribution in [2.75, 3.05) is 4.90 Å². The Morgan fingerprint density at radius 1 is 1.00 bits per heavy atom. The molecule has 0 spiro atoms. The standard InChI is InChI=1S/C26H34F2N4O/c1-8-26(27,28)20-11-9-17(10-12-20)18-13-19(22(33)31-25(5,6)7)15-21(14-18)32(16-29)23(30)24(2,3)4/h9-16,29-30H,8H2,1-7H3,(H,31,33). The minimum atomic E-state index is -2.91. The van der Waals surface area contributed by atoms with Gasteiger partial charge in [0.15, 0.2) is 0 Å². The van der Waals surface area contributed by atoms with Gasteiger partial charge >= 0.3 is 0 Å². The third-order valence-corrected chi connectivity index (χ3v) is 5.11. The highest BCUT2D eigenvalue weighted by Gasteiger charge is 2.29. The third kappa shape index (κ3) is 6.46. The second kappa shape index (κ2) is 9.41. The lowest BCUT2D eigenvalue weighted by Crippen LogP contribution is -2.41. The molecule has 0 saturated carbocycles. The van der Waals surface area contributed by atoms with Gasteiger partial charge in [0.2, 0.25) is 0 Å². The van der Waals surface area contributed by atoms with E-state index in [4.69, 9.17) is 10.8 Å². The van der Waals surface area contributed by atoms with Crippen molar-refractivity contribution < 1.29 is 13.6 Å². The molecule has 178 valence electrons. The second-order valence-corrected chi connectivity index (χ2v) is 10.2. The average molecular weight is 457 g/mol. The number of halogens is 2. The fourth-order valence-corrected chi connectivity index (χ4v) is 3.20. The van der Waals surface area contributed by atoms with Crippen molar-refractivity contribution >= 4 is 23.8 Å². The minimum absolute atomic E-state index is 0.0637. The highest BCUT2D eigenvalue weighted by atomic mass is 19.3. The first-order valence-corrected chi connectivity index (χ1v) is 10.9. The molecular formula is C26H34F2N4O. The van der Waals surface area contributed by atoms with Crippen molar-refractivity contribution in [3.05, 3.63) is 53.6 Å². The molecule has 0 aliphatic carbocycles. The molecule has 3 N–H and O–H groups in total. The summed E-state index contributed by atoms with van der Waals surface area (Å²) in [7, 11) is 0. The van der Waals surface area contributed by atoms with Gasteiger partial charge in [-0.25, -0.2) is 8.78 Å². The minimum Gasteiger partial charge on any atom is -0.347 e. The van der Waals surface area contributed by atoms with E-state index in [1.165, 1.54) is 24.0 Å². The molecule has 2 rings (SSSR count). The Labute approximate surface area is 195 Å². The summed E-state index contributed by atoms with van der Waals surface area (Å²) in [6.45, 7) is 12.7. The van der Waals surface area contributed by atoms with Crippen LogP contribution in [0.1, 0.15) is 70.8 Å². The number of carbonyl (C=O) groups is 1. The van der Waals surface area contributed by atoms with Gasteiger partial charge in [0, 0.05) is 34.2 Å². The van der Waals surface area contributed by atoms with E-state index in [0.717, 1.165) is 6.34 Å². The van der Waals surface area contributed by atoms with Crippen molar-refractivity contribution in [3.8, 4) is 11.1 Å². The summed E-state index contributed by atoms with van der Waals surface area (Å²) >= 11 is 0.